The summed E-state index contributed by atoms with van der Waals surface area (Å²) in [6, 6.07) is 5.46. The van der Waals surface area contributed by atoms with Crippen molar-refractivity contribution in [1.82, 2.24) is 4.98 Å². The number of amides is 1. The minimum atomic E-state index is -4.09. The molecule has 2 heterocycles. The SMILES string of the molecule is COc1ccc(-c2sc(S(N)(=O)=O)c(C(=O)Nc3ncc(Br)s3)c2C)c(C)c1. The number of methoxy groups -OCH3 is 1. The molecule has 0 unspecified atom stereocenters. The van der Waals surface area contributed by atoms with E-state index in [-0.39, 0.29) is 9.77 Å². The molecule has 28 heavy (non-hydrogen) atoms. The number of carbonyl (C=O) groups is 1. The number of anilines is 1. The van der Waals surface area contributed by atoms with Crippen LogP contribution in [0.2, 0.25) is 0 Å². The molecule has 0 bridgehead atoms. The second-order valence-corrected chi connectivity index (χ2v) is 11.1. The Morgan fingerprint density at radius 1 is 1.29 bits per heavy atom. The van der Waals surface area contributed by atoms with Crippen LogP contribution in [-0.4, -0.2) is 26.4 Å². The number of aryl methyl sites for hydroxylation is 1. The van der Waals surface area contributed by atoms with Crippen molar-refractivity contribution in [2.45, 2.75) is 18.1 Å². The Morgan fingerprint density at radius 3 is 2.54 bits per heavy atom. The van der Waals surface area contributed by atoms with E-state index in [9.17, 15) is 13.2 Å². The van der Waals surface area contributed by atoms with Gasteiger partial charge in [-0.05, 0) is 64.7 Å². The third-order valence-electron chi connectivity index (χ3n) is 3.98. The summed E-state index contributed by atoms with van der Waals surface area (Å²) in [7, 11) is -2.52. The van der Waals surface area contributed by atoms with Gasteiger partial charge in [0.15, 0.2) is 5.13 Å². The predicted molar refractivity (Wildman–Crippen MR) is 115 cm³/mol. The highest BCUT2D eigenvalue weighted by Gasteiger charge is 2.29. The number of hydrogen-bond donors (Lipinski definition) is 2. The highest BCUT2D eigenvalue weighted by atomic mass is 79.9. The average Bonchev–Trinajstić information content (AvgIpc) is 3.17. The van der Waals surface area contributed by atoms with Crippen molar-refractivity contribution in [2.75, 3.05) is 12.4 Å². The van der Waals surface area contributed by atoms with Gasteiger partial charge in [-0.15, -0.1) is 11.3 Å². The topological polar surface area (TPSA) is 111 Å². The number of sulfonamides is 1. The lowest BCUT2D eigenvalue weighted by Gasteiger charge is -2.08. The van der Waals surface area contributed by atoms with E-state index >= 15 is 0 Å². The number of carbonyl (C=O) groups excluding carboxylic acids is 1. The third kappa shape index (κ3) is 4.13. The maximum atomic E-state index is 12.8. The van der Waals surface area contributed by atoms with E-state index in [2.05, 4.69) is 26.2 Å². The predicted octanol–water partition coefficient (Wildman–Crippen LogP) is 4.16. The van der Waals surface area contributed by atoms with Crippen LogP contribution in [0.4, 0.5) is 5.13 Å². The second kappa shape index (κ2) is 7.91. The van der Waals surface area contributed by atoms with Crippen molar-refractivity contribution in [3.05, 3.63) is 44.9 Å². The van der Waals surface area contributed by atoms with Crippen molar-refractivity contribution < 1.29 is 17.9 Å². The largest absolute Gasteiger partial charge is 0.497 e. The smallest absolute Gasteiger partial charge is 0.259 e. The van der Waals surface area contributed by atoms with Crippen molar-refractivity contribution in [3.63, 3.8) is 0 Å². The summed E-state index contributed by atoms with van der Waals surface area (Å²) in [5, 5.41) is 8.39. The van der Waals surface area contributed by atoms with Gasteiger partial charge < -0.3 is 4.74 Å². The highest BCUT2D eigenvalue weighted by molar-refractivity contribution is 9.11. The van der Waals surface area contributed by atoms with E-state index in [0.717, 1.165) is 26.3 Å². The number of halogens is 1. The van der Waals surface area contributed by atoms with Gasteiger partial charge in [0.05, 0.1) is 22.7 Å². The van der Waals surface area contributed by atoms with Crippen LogP contribution in [0.1, 0.15) is 21.5 Å². The van der Waals surface area contributed by atoms with E-state index in [0.29, 0.717) is 21.3 Å². The van der Waals surface area contributed by atoms with Gasteiger partial charge in [0.2, 0.25) is 10.0 Å². The van der Waals surface area contributed by atoms with Gasteiger partial charge >= 0.3 is 0 Å². The Bertz CT molecular complexity index is 1170. The van der Waals surface area contributed by atoms with Gasteiger partial charge in [-0.25, -0.2) is 18.5 Å². The minimum absolute atomic E-state index is 0.0315. The lowest BCUT2D eigenvalue weighted by molar-refractivity contribution is 0.102. The molecular weight excluding hydrogens is 486 g/mol. The summed E-state index contributed by atoms with van der Waals surface area (Å²) >= 11 is 5.47. The number of thiazole rings is 1. The number of rotatable bonds is 5. The van der Waals surface area contributed by atoms with E-state index in [4.69, 9.17) is 9.88 Å². The van der Waals surface area contributed by atoms with Gasteiger partial charge in [-0.2, -0.15) is 0 Å². The van der Waals surface area contributed by atoms with E-state index in [1.165, 1.54) is 11.3 Å². The maximum Gasteiger partial charge on any atom is 0.259 e. The zero-order valence-electron chi connectivity index (χ0n) is 15.1. The van der Waals surface area contributed by atoms with Crippen LogP contribution in [-0.2, 0) is 10.0 Å². The molecule has 3 rings (SSSR count). The molecule has 0 spiro atoms. The molecule has 3 aromatic rings. The van der Waals surface area contributed by atoms with Crippen LogP contribution < -0.4 is 15.2 Å². The molecule has 1 amide bonds. The first-order chi connectivity index (χ1) is 13.1. The molecule has 0 aliphatic heterocycles. The first kappa shape index (κ1) is 20.9. The quantitative estimate of drug-likeness (QED) is 0.544. The molecule has 2 aromatic heterocycles. The number of ether oxygens (including phenoxy) is 1. The first-order valence-electron chi connectivity index (χ1n) is 7.85. The summed E-state index contributed by atoms with van der Waals surface area (Å²) in [5.74, 6) is 0.117. The van der Waals surface area contributed by atoms with Crippen molar-refractivity contribution in [3.8, 4) is 16.2 Å². The van der Waals surface area contributed by atoms with E-state index < -0.39 is 15.9 Å². The normalized spacial score (nSPS) is 11.5. The number of primary sulfonamides is 1. The number of hydrogen-bond acceptors (Lipinski definition) is 7. The van der Waals surface area contributed by atoms with Crippen molar-refractivity contribution in [1.29, 1.82) is 0 Å². The maximum absolute atomic E-state index is 12.8. The van der Waals surface area contributed by atoms with Gasteiger partial charge in [0, 0.05) is 4.88 Å². The molecule has 148 valence electrons. The fourth-order valence-electron chi connectivity index (χ4n) is 2.70. The first-order valence-corrected chi connectivity index (χ1v) is 11.8. The number of nitrogens with two attached hydrogens (primary N) is 1. The summed E-state index contributed by atoms with van der Waals surface area (Å²) in [6.07, 6.45) is 1.55. The van der Waals surface area contributed by atoms with Crippen molar-refractivity contribution >= 4 is 59.7 Å². The lowest BCUT2D eigenvalue weighted by atomic mass is 10.0. The fourth-order valence-corrected chi connectivity index (χ4v) is 6.17. The van der Waals surface area contributed by atoms with Crippen LogP contribution in [0.3, 0.4) is 0 Å². The number of benzene rings is 1. The number of thiophene rings is 1. The highest BCUT2D eigenvalue weighted by Crippen LogP contribution is 2.41. The Morgan fingerprint density at radius 2 is 2.00 bits per heavy atom. The van der Waals surface area contributed by atoms with Crippen LogP contribution in [0.15, 0.2) is 32.4 Å². The molecule has 3 N–H and O–H groups in total. The number of nitrogens with one attached hydrogen (secondary N) is 1. The molecule has 0 radical (unpaired) electrons. The number of nitrogens with zero attached hydrogens (tertiary/aromatic N) is 1. The zero-order valence-corrected chi connectivity index (χ0v) is 19.1. The molecular formula is C17H16BrN3O4S3. The Kier molecular flexibility index (Phi) is 5.92. The molecule has 0 aliphatic carbocycles. The molecule has 1 aromatic carbocycles. The summed E-state index contributed by atoms with van der Waals surface area (Å²) in [5.41, 5.74) is 2.27. The molecule has 0 saturated carbocycles. The molecule has 0 saturated heterocycles. The minimum Gasteiger partial charge on any atom is -0.497 e. The fraction of sp³-hybridized carbons (Fsp3) is 0.176. The summed E-state index contributed by atoms with van der Waals surface area (Å²) in [4.78, 5) is 17.6. The summed E-state index contributed by atoms with van der Waals surface area (Å²) < 4.78 is 30.1. The molecule has 11 heteroatoms. The van der Waals surface area contributed by atoms with E-state index in [1.54, 1.807) is 26.3 Å². The van der Waals surface area contributed by atoms with Gasteiger partial charge in [0.1, 0.15) is 9.96 Å². The van der Waals surface area contributed by atoms with Crippen LogP contribution in [0, 0.1) is 13.8 Å². The van der Waals surface area contributed by atoms with Gasteiger partial charge in [-0.1, -0.05) is 11.3 Å². The molecule has 0 aliphatic rings. The Hall–Kier alpha value is -1.79. The number of aromatic nitrogens is 1. The molecule has 0 atom stereocenters. The van der Waals surface area contributed by atoms with Crippen molar-refractivity contribution in [2.24, 2.45) is 5.14 Å². The van der Waals surface area contributed by atoms with E-state index in [1.807, 2.05) is 19.1 Å². The Balaban J connectivity index is 2.13. The third-order valence-corrected chi connectivity index (χ3v) is 8.16. The van der Waals surface area contributed by atoms with Crippen LogP contribution in [0.25, 0.3) is 10.4 Å². The van der Waals surface area contributed by atoms with Gasteiger partial charge in [0.25, 0.3) is 5.91 Å². The monoisotopic (exact) mass is 501 g/mol. The van der Waals surface area contributed by atoms with Crippen LogP contribution >= 0.6 is 38.6 Å². The average molecular weight is 502 g/mol. The molecule has 7 nitrogen and oxygen atoms in total. The lowest BCUT2D eigenvalue weighted by Crippen LogP contribution is -2.19. The van der Waals surface area contributed by atoms with Gasteiger partial charge in [-0.3, -0.25) is 10.1 Å². The van der Waals surface area contributed by atoms with Crippen LogP contribution in [0.5, 0.6) is 5.75 Å². The summed E-state index contributed by atoms with van der Waals surface area (Å²) in [6.45, 7) is 3.59. The Labute approximate surface area is 178 Å². The zero-order chi connectivity index (χ0) is 20.6. The second-order valence-electron chi connectivity index (χ2n) is 5.87. The standard InChI is InChI=1S/C17H16BrN3O4S3/c1-8-6-10(25-3)4-5-11(8)14-9(2)13(16(27-14)28(19,23)24)15(22)21-17-20-7-12(18)26-17/h4-7H,1-3H3,(H2,19,23,24)(H,20,21,22). The molecule has 0 fully saturated rings.